The molecule has 0 atom stereocenters. The average molecular weight is 408 g/mol. The van der Waals surface area contributed by atoms with E-state index in [2.05, 4.69) is 36.8 Å². The fraction of sp³-hybridized carbons (Fsp3) is 0.167. The Balaban J connectivity index is 2.00. The third kappa shape index (κ3) is 3.81. The quantitative estimate of drug-likeness (QED) is 0.728. The first-order valence-electron chi connectivity index (χ1n) is 5.37. The Kier molecular flexibility index (Phi) is 5.01. The van der Waals surface area contributed by atoms with Gasteiger partial charge in [-0.1, -0.05) is 33.6 Å². The van der Waals surface area contributed by atoms with Crippen molar-refractivity contribution in [3.05, 3.63) is 55.0 Å². The molecule has 0 saturated carbocycles. The lowest BCUT2D eigenvalue weighted by molar-refractivity contribution is 0.295. The van der Waals surface area contributed by atoms with E-state index in [4.69, 9.17) is 16.3 Å². The molecule has 0 fully saturated rings. The smallest absolute Gasteiger partial charge is 0.269 e. The van der Waals surface area contributed by atoms with Gasteiger partial charge in [-0.2, -0.15) is 0 Å². The summed E-state index contributed by atoms with van der Waals surface area (Å²) in [5.74, 6) is 0.739. The normalized spacial score (nSPS) is 10.5. The molecule has 1 heterocycles. The maximum Gasteiger partial charge on any atom is 0.269 e. The third-order valence-corrected chi connectivity index (χ3v) is 4.06. The lowest BCUT2D eigenvalue weighted by atomic mass is 10.3. The van der Waals surface area contributed by atoms with Crippen molar-refractivity contribution in [1.82, 2.24) is 9.55 Å². The summed E-state index contributed by atoms with van der Waals surface area (Å²) in [4.78, 5) is 15.7. The highest BCUT2D eigenvalue weighted by Gasteiger charge is 2.06. The van der Waals surface area contributed by atoms with E-state index in [0.29, 0.717) is 13.2 Å². The summed E-state index contributed by atoms with van der Waals surface area (Å²) in [6, 6.07) is 7.51. The van der Waals surface area contributed by atoms with E-state index in [1.54, 1.807) is 0 Å². The van der Waals surface area contributed by atoms with Crippen molar-refractivity contribution >= 4 is 43.5 Å². The summed E-state index contributed by atoms with van der Waals surface area (Å²) < 4.78 is 8.19. The molecular formula is C12H9Br2ClN2O2. The van der Waals surface area contributed by atoms with Gasteiger partial charge in [0.25, 0.3) is 5.56 Å². The SMILES string of the molecule is O=c1c(Br)c(Cl)ncn1CCOc1cccc(Br)c1. The summed E-state index contributed by atoms with van der Waals surface area (Å²) >= 11 is 12.2. The van der Waals surface area contributed by atoms with Gasteiger partial charge in [-0.3, -0.25) is 9.36 Å². The van der Waals surface area contributed by atoms with Crippen LogP contribution in [0.25, 0.3) is 0 Å². The standard InChI is InChI=1S/C12H9Br2ClN2O2/c13-8-2-1-3-9(6-8)19-5-4-17-7-16-11(15)10(14)12(17)18/h1-3,6-7H,4-5H2. The van der Waals surface area contributed by atoms with Crippen LogP contribution in [0.15, 0.2) is 44.3 Å². The van der Waals surface area contributed by atoms with E-state index in [1.807, 2.05) is 24.3 Å². The maximum atomic E-state index is 11.8. The fourth-order valence-electron chi connectivity index (χ4n) is 1.42. The number of hydrogen-bond acceptors (Lipinski definition) is 3. The molecule has 4 nitrogen and oxygen atoms in total. The minimum absolute atomic E-state index is 0.161. The molecule has 0 unspecified atom stereocenters. The number of aromatic nitrogens is 2. The molecule has 0 amide bonds. The second-order valence-corrected chi connectivity index (χ2v) is 5.72. The first-order chi connectivity index (χ1) is 9.08. The summed E-state index contributed by atoms with van der Waals surface area (Å²) in [5.41, 5.74) is -0.224. The predicted molar refractivity (Wildman–Crippen MR) is 80.8 cm³/mol. The molecule has 0 N–H and O–H groups in total. The molecule has 2 aromatic rings. The Bertz CT molecular complexity index is 646. The number of benzene rings is 1. The Morgan fingerprint density at radius 2 is 2.16 bits per heavy atom. The second kappa shape index (κ2) is 6.54. The Hall–Kier alpha value is -0.850. The Morgan fingerprint density at radius 1 is 1.37 bits per heavy atom. The van der Waals surface area contributed by atoms with Crippen LogP contribution in [-0.2, 0) is 6.54 Å². The van der Waals surface area contributed by atoms with Crippen LogP contribution < -0.4 is 10.3 Å². The first kappa shape index (κ1) is 14.6. The molecule has 1 aromatic carbocycles. The topological polar surface area (TPSA) is 44.1 Å². The van der Waals surface area contributed by atoms with Gasteiger partial charge in [0.2, 0.25) is 0 Å². The highest BCUT2D eigenvalue weighted by atomic mass is 79.9. The number of hydrogen-bond donors (Lipinski definition) is 0. The van der Waals surface area contributed by atoms with Crippen LogP contribution >= 0.6 is 43.5 Å². The zero-order chi connectivity index (χ0) is 13.8. The van der Waals surface area contributed by atoms with E-state index < -0.39 is 0 Å². The molecule has 0 aliphatic rings. The molecular weight excluding hydrogens is 399 g/mol. The highest BCUT2D eigenvalue weighted by Crippen LogP contribution is 2.17. The lowest BCUT2D eigenvalue weighted by Crippen LogP contribution is -2.24. The van der Waals surface area contributed by atoms with E-state index in [1.165, 1.54) is 10.9 Å². The largest absolute Gasteiger partial charge is 0.492 e. The van der Waals surface area contributed by atoms with Gasteiger partial charge in [0.15, 0.2) is 5.15 Å². The average Bonchev–Trinajstić information content (AvgIpc) is 2.39. The highest BCUT2D eigenvalue weighted by molar-refractivity contribution is 9.10. The summed E-state index contributed by atoms with van der Waals surface area (Å²) in [7, 11) is 0. The lowest BCUT2D eigenvalue weighted by Gasteiger charge is -2.08. The summed E-state index contributed by atoms with van der Waals surface area (Å²) in [5, 5.41) is 0.161. The van der Waals surface area contributed by atoms with Crippen molar-refractivity contribution in [2.45, 2.75) is 6.54 Å². The first-order valence-corrected chi connectivity index (χ1v) is 7.33. The molecule has 0 aliphatic heterocycles. The zero-order valence-electron chi connectivity index (χ0n) is 9.65. The van der Waals surface area contributed by atoms with Crippen molar-refractivity contribution < 1.29 is 4.74 Å². The van der Waals surface area contributed by atoms with Gasteiger partial charge in [0.1, 0.15) is 16.8 Å². The molecule has 0 radical (unpaired) electrons. The zero-order valence-corrected chi connectivity index (χ0v) is 13.6. The minimum atomic E-state index is -0.224. The van der Waals surface area contributed by atoms with E-state index >= 15 is 0 Å². The maximum absolute atomic E-state index is 11.8. The molecule has 2 rings (SSSR count). The molecule has 7 heteroatoms. The van der Waals surface area contributed by atoms with Crippen LogP contribution in [0.2, 0.25) is 5.15 Å². The van der Waals surface area contributed by atoms with Crippen LogP contribution in [0, 0.1) is 0 Å². The van der Waals surface area contributed by atoms with E-state index in [-0.39, 0.29) is 15.2 Å². The number of ether oxygens (including phenoxy) is 1. The van der Waals surface area contributed by atoms with Gasteiger partial charge in [-0.15, -0.1) is 0 Å². The predicted octanol–water partition coefficient (Wildman–Crippen LogP) is 3.50. The monoisotopic (exact) mass is 406 g/mol. The van der Waals surface area contributed by atoms with Gasteiger partial charge in [-0.25, -0.2) is 4.98 Å². The molecule has 19 heavy (non-hydrogen) atoms. The fourth-order valence-corrected chi connectivity index (χ4v) is 2.25. The second-order valence-electron chi connectivity index (χ2n) is 3.65. The van der Waals surface area contributed by atoms with Crippen molar-refractivity contribution in [1.29, 1.82) is 0 Å². The summed E-state index contributed by atoms with van der Waals surface area (Å²) in [6.07, 6.45) is 1.40. The van der Waals surface area contributed by atoms with Crippen molar-refractivity contribution in [2.24, 2.45) is 0 Å². The molecule has 1 aromatic heterocycles. The molecule has 0 bridgehead atoms. The van der Waals surface area contributed by atoms with Gasteiger partial charge >= 0.3 is 0 Å². The number of rotatable bonds is 4. The van der Waals surface area contributed by atoms with Crippen molar-refractivity contribution in [2.75, 3.05) is 6.61 Å². The van der Waals surface area contributed by atoms with Crippen LogP contribution in [-0.4, -0.2) is 16.2 Å². The van der Waals surface area contributed by atoms with Crippen LogP contribution in [0.5, 0.6) is 5.75 Å². The van der Waals surface area contributed by atoms with Gasteiger partial charge in [0, 0.05) is 4.47 Å². The third-order valence-electron chi connectivity index (χ3n) is 2.34. The Labute approximate surface area is 131 Å². The van der Waals surface area contributed by atoms with Gasteiger partial charge in [-0.05, 0) is 34.1 Å². The van der Waals surface area contributed by atoms with E-state index in [0.717, 1.165) is 10.2 Å². The molecule has 0 spiro atoms. The van der Waals surface area contributed by atoms with Gasteiger partial charge < -0.3 is 4.74 Å². The molecule has 0 saturated heterocycles. The van der Waals surface area contributed by atoms with Crippen LogP contribution in [0.1, 0.15) is 0 Å². The minimum Gasteiger partial charge on any atom is -0.492 e. The van der Waals surface area contributed by atoms with Crippen molar-refractivity contribution in [3.8, 4) is 5.75 Å². The number of nitrogens with zero attached hydrogens (tertiary/aromatic N) is 2. The van der Waals surface area contributed by atoms with E-state index in [9.17, 15) is 4.79 Å². The Morgan fingerprint density at radius 3 is 2.89 bits per heavy atom. The van der Waals surface area contributed by atoms with Crippen LogP contribution in [0.4, 0.5) is 0 Å². The number of halogens is 3. The van der Waals surface area contributed by atoms with Crippen LogP contribution in [0.3, 0.4) is 0 Å². The molecule has 0 aliphatic carbocycles. The van der Waals surface area contributed by atoms with Gasteiger partial charge in [0.05, 0.1) is 12.9 Å². The molecule has 100 valence electrons. The summed E-state index contributed by atoms with van der Waals surface area (Å²) in [6.45, 7) is 0.764. The van der Waals surface area contributed by atoms with Crippen molar-refractivity contribution in [3.63, 3.8) is 0 Å².